The van der Waals surface area contributed by atoms with Gasteiger partial charge in [-0.2, -0.15) is 18.3 Å². The first kappa shape index (κ1) is 27.5. The van der Waals surface area contributed by atoms with Gasteiger partial charge in [-0.3, -0.25) is 9.59 Å². The Labute approximate surface area is 230 Å². The van der Waals surface area contributed by atoms with Crippen LogP contribution in [0.15, 0.2) is 23.1 Å². The van der Waals surface area contributed by atoms with E-state index in [9.17, 15) is 31.5 Å². The fraction of sp³-hybridized carbons (Fsp3) is 0.615. The number of alkyl halides is 5. The fourth-order valence-electron chi connectivity index (χ4n) is 5.90. The minimum Gasteiger partial charge on any atom is -0.344 e. The summed E-state index contributed by atoms with van der Waals surface area (Å²) in [4.78, 5) is 30.2. The van der Waals surface area contributed by atoms with Crippen molar-refractivity contribution in [2.24, 2.45) is 11.8 Å². The molecule has 0 radical (unpaired) electrons. The maximum Gasteiger partial charge on any atom is 0.408 e. The Morgan fingerprint density at radius 3 is 2.59 bits per heavy atom. The molecule has 10 nitrogen and oxygen atoms in total. The van der Waals surface area contributed by atoms with E-state index in [-0.39, 0.29) is 49.6 Å². The average Bonchev–Trinajstić information content (AvgIpc) is 3.31. The summed E-state index contributed by atoms with van der Waals surface area (Å²) in [5.41, 5.74) is 1.79. The van der Waals surface area contributed by atoms with E-state index in [4.69, 9.17) is 4.63 Å². The molecule has 6 rings (SSSR count). The second-order valence-corrected chi connectivity index (χ2v) is 11.4. The molecule has 3 aromatic rings. The molecule has 0 bridgehead atoms. The zero-order chi connectivity index (χ0) is 29.1. The summed E-state index contributed by atoms with van der Waals surface area (Å²) in [7, 11) is 0. The van der Waals surface area contributed by atoms with Gasteiger partial charge in [0.1, 0.15) is 11.7 Å². The molecule has 2 aliphatic carbocycles. The van der Waals surface area contributed by atoms with Gasteiger partial charge in [0, 0.05) is 24.7 Å². The molecule has 4 heterocycles. The van der Waals surface area contributed by atoms with Gasteiger partial charge in [-0.25, -0.2) is 22.9 Å². The molecular weight excluding hydrogens is 553 g/mol. The van der Waals surface area contributed by atoms with Crippen LogP contribution in [0.1, 0.15) is 97.2 Å². The standard InChI is InChI=1S/C26H28F5N7O3/c1-12(16-9-18(26(29,30)31)34-23(16)39)15-8-19-33-17(11-38(19)32-10-15)20(14-4-6-25(27,28)7-5-14)35-24(40)22-21(13-2-3-13)36-41-37-22/h8,10-14,16,18,20H,2-7,9H2,1H3,(H,34,39)(H,35,40)/t12-,16+,18+,20+/m1/s1. The average molecular weight is 582 g/mol. The molecule has 4 atom stereocenters. The van der Waals surface area contributed by atoms with Gasteiger partial charge in [0.05, 0.1) is 24.1 Å². The van der Waals surface area contributed by atoms with Crippen molar-refractivity contribution in [1.29, 1.82) is 0 Å². The normalized spacial score (nSPS) is 24.8. The molecule has 0 spiro atoms. The minimum atomic E-state index is -4.53. The molecular formula is C26H28F5N7O3. The first-order chi connectivity index (χ1) is 19.4. The van der Waals surface area contributed by atoms with Crippen molar-refractivity contribution in [1.82, 2.24) is 35.5 Å². The predicted octanol–water partition coefficient (Wildman–Crippen LogP) is 4.46. The summed E-state index contributed by atoms with van der Waals surface area (Å²) in [5, 5.41) is 16.9. The highest BCUT2D eigenvalue weighted by atomic mass is 19.4. The van der Waals surface area contributed by atoms with Gasteiger partial charge in [0.25, 0.3) is 5.91 Å². The first-order valence-corrected chi connectivity index (χ1v) is 13.6. The fourth-order valence-corrected chi connectivity index (χ4v) is 5.90. The van der Waals surface area contributed by atoms with Crippen molar-refractivity contribution in [3.05, 3.63) is 41.1 Å². The van der Waals surface area contributed by atoms with Crippen LogP contribution in [0.5, 0.6) is 0 Å². The summed E-state index contributed by atoms with van der Waals surface area (Å²) in [6.07, 6.45) is -0.445. The van der Waals surface area contributed by atoms with E-state index in [2.05, 4.69) is 25.7 Å². The second-order valence-electron chi connectivity index (χ2n) is 11.4. The molecule has 220 valence electrons. The third-order valence-corrected chi connectivity index (χ3v) is 8.56. The number of nitrogens with zero attached hydrogens (tertiary/aromatic N) is 5. The van der Waals surface area contributed by atoms with Gasteiger partial charge in [0.2, 0.25) is 11.8 Å². The highest BCUT2D eigenvalue weighted by Gasteiger charge is 2.49. The Bertz CT molecular complexity index is 1460. The smallest absolute Gasteiger partial charge is 0.344 e. The van der Waals surface area contributed by atoms with Gasteiger partial charge in [-0.1, -0.05) is 12.1 Å². The summed E-state index contributed by atoms with van der Waals surface area (Å²) in [6.45, 7) is 1.66. The number of hydrogen-bond donors (Lipinski definition) is 2. The van der Waals surface area contributed by atoms with E-state index >= 15 is 0 Å². The lowest BCUT2D eigenvalue weighted by atomic mass is 9.81. The van der Waals surface area contributed by atoms with E-state index in [1.54, 1.807) is 19.2 Å². The molecule has 3 aliphatic rings. The molecule has 0 unspecified atom stereocenters. The monoisotopic (exact) mass is 581 g/mol. The van der Waals surface area contributed by atoms with Crippen molar-refractivity contribution in [3.8, 4) is 0 Å². The number of aromatic nitrogens is 5. The lowest BCUT2D eigenvalue weighted by Crippen LogP contribution is -2.38. The predicted molar refractivity (Wildman–Crippen MR) is 131 cm³/mol. The topological polar surface area (TPSA) is 127 Å². The van der Waals surface area contributed by atoms with Crippen LogP contribution in [0.3, 0.4) is 0 Å². The molecule has 41 heavy (non-hydrogen) atoms. The van der Waals surface area contributed by atoms with Crippen LogP contribution in [0.25, 0.3) is 5.65 Å². The molecule has 3 fully saturated rings. The quantitative estimate of drug-likeness (QED) is 0.395. The zero-order valence-corrected chi connectivity index (χ0v) is 22.0. The molecule has 3 aromatic heterocycles. The van der Waals surface area contributed by atoms with Crippen molar-refractivity contribution < 1.29 is 36.2 Å². The van der Waals surface area contributed by atoms with Gasteiger partial charge in [-0.05, 0) is 60.7 Å². The van der Waals surface area contributed by atoms with Crippen LogP contribution in [-0.2, 0) is 4.79 Å². The van der Waals surface area contributed by atoms with Gasteiger partial charge in [0.15, 0.2) is 11.3 Å². The van der Waals surface area contributed by atoms with E-state index in [1.165, 1.54) is 10.7 Å². The number of carbonyl (C=O) groups is 2. The van der Waals surface area contributed by atoms with Gasteiger partial charge in [-0.15, -0.1) is 0 Å². The summed E-state index contributed by atoms with van der Waals surface area (Å²) in [6, 6.07) is -1.00. The Morgan fingerprint density at radius 2 is 1.93 bits per heavy atom. The molecule has 1 aliphatic heterocycles. The second kappa shape index (κ2) is 10.0. The van der Waals surface area contributed by atoms with Crippen molar-refractivity contribution in [2.45, 2.75) is 87.9 Å². The number of hydrogen-bond acceptors (Lipinski definition) is 7. The van der Waals surface area contributed by atoms with E-state index in [0.717, 1.165) is 12.8 Å². The van der Waals surface area contributed by atoms with Crippen LogP contribution in [0.2, 0.25) is 0 Å². The number of amides is 2. The maximum atomic E-state index is 14.0. The van der Waals surface area contributed by atoms with Gasteiger partial charge >= 0.3 is 6.18 Å². The molecule has 2 amide bonds. The SMILES string of the molecule is C[C@H](c1cnn2cc([C@@H](NC(=O)c3nonc3C3CC3)C3CCC(F)(F)CC3)nc2c1)[C@@H]1C[C@@H](C(F)(F)F)NC1=O. The Kier molecular flexibility index (Phi) is 6.72. The molecule has 1 saturated heterocycles. The van der Waals surface area contributed by atoms with Crippen LogP contribution in [-0.4, -0.2) is 54.9 Å². The molecule has 2 saturated carbocycles. The number of carbonyl (C=O) groups excluding carboxylic acids is 2. The van der Waals surface area contributed by atoms with Crippen molar-refractivity contribution in [3.63, 3.8) is 0 Å². The van der Waals surface area contributed by atoms with Crippen LogP contribution < -0.4 is 10.6 Å². The lowest BCUT2D eigenvalue weighted by molar-refractivity contribution is -0.155. The third kappa shape index (κ3) is 5.49. The summed E-state index contributed by atoms with van der Waals surface area (Å²) < 4.78 is 73.7. The molecule has 0 aromatic carbocycles. The van der Waals surface area contributed by atoms with Crippen LogP contribution in [0.4, 0.5) is 22.0 Å². The van der Waals surface area contributed by atoms with Crippen molar-refractivity contribution in [2.75, 3.05) is 0 Å². The molecule has 15 heteroatoms. The van der Waals surface area contributed by atoms with E-state index < -0.39 is 47.8 Å². The van der Waals surface area contributed by atoms with E-state index in [0.29, 0.717) is 22.6 Å². The lowest BCUT2D eigenvalue weighted by Gasteiger charge is -2.33. The number of fused-ring (bicyclic) bond motifs is 1. The Hall–Kier alpha value is -3.65. The van der Waals surface area contributed by atoms with E-state index in [1.807, 2.05) is 5.32 Å². The Balaban J connectivity index is 1.27. The van der Waals surface area contributed by atoms with Crippen molar-refractivity contribution >= 4 is 17.5 Å². The van der Waals surface area contributed by atoms with Gasteiger partial charge < -0.3 is 10.6 Å². The zero-order valence-electron chi connectivity index (χ0n) is 22.0. The maximum absolute atomic E-state index is 14.0. The van der Waals surface area contributed by atoms with Crippen LogP contribution >= 0.6 is 0 Å². The highest BCUT2D eigenvalue weighted by molar-refractivity contribution is 5.93. The number of rotatable bonds is 7. The number of halogens is 5. The highest BCUT2D eigenvalue weighted by Crippen LogP contribution is 2.43. The molecule has 2 N–H and O–H groups in total. The van der Waals surface area contributed by atoms with Crippen LogP contribution in [0, 0.1) is 11.8 Å². The minimum absolute atomic E-state index is 0.0589. The summed E-state index contributed by atoms with van der Waals surface area (Å²) in [5.74, 6) is -5.70. The first-order valence-electron chi connectivity index (χ1n) is 13.6. The number of nitrogens with one attached hydrogen (secondary N) is 2. The Morgan fingerprint density at radius 1 is 1.20 bits per heavy atom. The summed E-state index contributed by atoms with van der Waals surface area (Å²) >= 11 is 0. The number of imidazole rings is 1. The largest absolute Gasteiger partial charge is 0.408 e. The third-order valence-electron chi connectivity index (χ3n) is 8.56.